The number of thiazole rings is 1. The first kappa shape index (κ1) is 10.7. The summed E-state index contributed by atoms with van der Waals surface area (Å²) in [5, 5.41) is 3.42. The first-order valence-electron chi connectivity index (χ1n) is 4.91. The molecule has 0 aliphatic rings. The van der Waals surface area contributed by atoms with Gasteiger partial charge in [-0.1, -0.05) is 6.92 Å². The summed E-state index contributed by atoms with van der Waals surface area (Å²) in [5.41, 5.74) is 6.89. The highest BCUT2D eigenvalue weighted by Gasteiger charge is 2.01. The molecule has 0 amide bonds. The van der Waals surface area contributed by atoms with Gasteiger partial charge in [0.25, 0.3) is 0 Å². The monoisotopic (exact) mass is 198 g/mol. The van der Waals surface area contributed by atoms with Crippen molar-refractivity contribution in [1.29, 1.82) is 0 Å². The normalized spacial score (nSPS) is 13.2. The molecule has 0 saturated carbocycles. The van der Waals surface area contributed by atoms with Crippen molar-refractivity contribution in [2.75, 3.05) is 0 Å². The average molecular weight is 198 g/mol. The Morgan fingerprint density at radius 1 is 1.62 bits per heavy atom. The van der Waals surface area contributed by atoms with Crippen LogP contribution in [0.25, 0.3) is 0 Å². The Bertz CT molecular complexity index is 243. The highest BCUT2D eigenvalue weighted by molar-refractivity contribution is 7.09. The minimum atomic E-state index is 0.325. The summed E-state index contributed by atoms with van der Waals surface area (Å²) >= 11 is 1.77. The van der Waals surface area contributed by atoms with Crippen LogP contribution in [0, 0.1) is 0 Å². The largest absolute Gasteiger partial charge is 0.328 e. The van der Waals surface area contributed by atoms with Gasteiger partial charge in [0.2, 0.25) is 0 Å². The number of nitrogens with zero attached hydrogens (tertiary/aromatic N) is 1. The Labute approximate surface area is 84.2 Å². The Morgan fingerprint density at radius 2 is 2.38 bits per heavy atom. The maximum Gasteiger partial charge on any atom is 0.0928 e. The Hall–Kier alpha value is -0.410. The van der Waals surface area contributed by atoms with Crippen molar-refractivity contribution in [3.05, 3.63) is 16.1 Å². The van der Waals surface area contributed by atoms with Crippen LogP contribution in [0.2, 0.25) is 0 Å². The standard InChI is InChI=1S/C10H18N2S/c1-3-9-7-13-10(12-9)6-4-5-8(2)11/h7-8H,3-6,11H2,1-2H3. The van der Waals surface area contributed by atoms with E-state index >= 15 is 0 Å². The molecular formula is C10H18N2S. The molecule has 0 bridgehead atoms. The van der Waals surface area contributed by atoms with Gasteiger partial charge in [0, 0.05) is 11.4 Å². The summed E-state index contributed by atoms with van der Waals surface area (Å²) in [6.07, 6.45) is 4.39. The topological polar surface area (TPSA) is 38.9 Å². The second kappa shape index (κ2) is 5.35. The van der Waals surface area contributed by atoms with E-state index in [0.29, 0.717) is 6.04 Å². The van der Waals surface area contributed by atoms with Crippen LogP contribution < -0.4 is 5.73 Å². The molecule has 1 unspecified atom stereocenters. The van der Waals surface area contributed by atoms with Gasteiger partial charge in [-0.25, -0.2) is 4.98 Å². The van der Waals surface area contributed by atoms with Crippen molar-refractivity contribution < 1.29 is 0 Å². The van der Waals surface area contributed by atoms with Crippen LogP contribution in [-0.4, -0.2) is 11.0 Å². The van der Waals surface area contributed by atoms with Gasteiger partial charge in [0.15, 0.2) is 0 Å². The lowest BCUT2D eigenvalue weighted by atomic mass is 10.1. The zero-order valence-electron chi connectivity index (χ0n) is 8.42. The fourth-order valence-electron chi connectivity index (χ4n) is 1.20. The molecule has 0 aliphatic carbocycles. The molecule has 0 aromatic carbocycles. The maximum absolute atomic E-state index is 5.67. The fraction of sp³-hybridized carbons (Fsp3) is 0.700. The third-order valence-electron chi connectivity index (χ3n) is 2.01. The molecule has 0 radical (unpaired) electrons. The molecule has 1 aromatic rings. The zero-order chi connectivity index (χ0) is 9.68. The summed E-state index contributed by atoms with van der Waals surface area (Å²) < 4.78 is 0. The molecule has 3 heteroatoms. The van der Waals surface area contributed by atoms with Crippen molar-refractivity contribution in [2.24, 2.45) is 5.73 Å². The number of aromatic nitrogens is 1. The van der Waals surface area contributed by atoms with Crippen molar-refractivity contribution >= 4 is 11.3 Å². The second-order valence-corrected chi connectivity index (χ2v) is 4.40. The van der Waals surface area contributed by atoms with E-state index < -0.39 is 0 Å². The number of hydrogen-bond donors (Lipinski definition) is 1. The van der Waals surface area contributed by atoms with Crippen molar-refractivity contribution in [1.82, 2.24) is 4.98 Å². The zero-order valence-corrected chi connectivity index (χ0v) is 9.23. The molecule has 2 nitrogen and oxygen atoms in total. The molecule has 0 fully saturated rings. The molecule has 0 aliphatic heterocycles. The summed E-state index contributed by atoms with van der Waals surface area (Å²) in [7, 11) is 0. The van der Waals surface area contributed by atoms with Crippen molar-refractivity contribution in [2.45, 2.75) is 45.6 Å². The summed E-state index contributed by atoms with van der Waals surface area (Å²) in [5.74, 6) is 0. The molecule has 0 spiro atoms. The van der Waals surface area contributed by atoms with Crippen molar-refractivity contribution in [3.8, 4) is 0 Å². The van der Waals surface area contributed by atoms with E-state index in [1.165, 1.54) is 10.7 Å². The first-order chi connectivity index (χ1) is 6.22. The van der Waals surface area contributed by atoms with E-state index in [1.807, 2.05) is 0 Å². The van der Waals surface area contributed by atoms with Gasteiger partial charge < -0.3 is 5.73 Å². The third-order valence-corrected chi connectivity index (χ3v) is 2.97. The van der Waals surface area contributed by atoms with Gasteiger partial charge in [0.1, 0.15) is 0 Å². The Balaban J connectivity index is 2.28. The van der Waals surface area contributed by atoms with Crippen LogP contribution in [0.4, 0.5) is 0 Å². The van der Waals surface area contributed by atoms with Crippen LogP contribution in [0.1, 0.15) is 37.4 Å². The van der Waals surface area contributed by atoms with Crippen LogP contribution in [-0.2, 0) is 12.8 Å². The highest BCUT2D eigenvalue weighted by Crippen LogP contribution is 2.13. The summed E-state index contributed by atoms with van der Waals surface area (Å²) in [6.45, 7) is 4.19. The molecule has 1 aromatic heterocycles. The SMILES string of the molecule is CCc1csc(CCCC(C)N)n1. The Morgan fingerprint density at radius 3 is 2.92 bits per heavy atom. The van der Waals surface area contributed by atoms with E-state index in [0.717, 1.165) is 25.7 Å². The molecule has 1 rings (SSSR count). The molecule has 0 saturated heterocycles. The van der Waals surface area contributed by atoms with Gasteiger partial charge in [-0.15, -0.1) is 11.3 Å². The van der Waals surface area contributed by atoms with Gasteiger partial charge in [-0.2, -0.15) is 0 Å². The Kier molecular flexibility index (Phi) is 4.39. The minimum Gasteiger partial charge on any atom is -0.328 e. The fourth-order valence-corrected chi connectivity index (χ4v) is 2.12. The van der Waals surface area contributed by atoms with Gasteiger partial charge >= 0.3 is 0 Å². The number of hydrogen-bond acceptors (Lipinski definition) is 3. The van der Waals surface area contributed by atoms with Gasteiger partial charge in [-0.05, 0) is 32.6 Å². The lowest BCUT2D eigenvalue weighted by Crippen LogP contribution is -2.14. The summed E-state index contributed by atoms with van der Waals surface area (Å²) in [6, 6.07) is 0.325. The van der Waals surface area contributed by atoms with E-state index in [2.05, 4.69) is 24.2 Å². The van der Waals surface area contributed by atoms with Gasteiger partial charge in [0.05, 0.1) is 10.7 Å². The molecule has 74 valence electrons. The second-order valence-electron chi connectivity index (χ2n) is 3.46. The molecule has 13 heavy (non-hydrogen) atoms. The summed E-state index contributed by atoms with van der Waals surface area (Å²) in [4.78, 5) is 4.50. The van der Waals surface area contributed by atoms with E-state index in [9.17, 15) is 0 Å². The number of rotatable bonds is 5. The highest BCUT2D eigenvalue weighted by atomic mass is 32.1. The molecule has 1 atom stereocenters. The molecular weight excluding hydrogens is 180 g/mol. The van der Waals surface area contributed by atoms with E-state index in [-0.39, 0.29) is 0 Å². The predicted molar refractivity (Wildman–Crippen MR) is 58.1 cm³/mol. The number of nitrogens with two attached hydrogens (primary N) is 1. The van der Waals surface area contributed by atoms with E-state index in [1.54, 1.807) is 11.3 Å². The molecule has 2 N–H and O–H groups in total. The molecule has 1 heterocycles. The lowest BCUT2D eigenvalue weighted by Gasteiger charge is -2.01. The lowest BCUT2D eigenvalue weighted by molar-refractivity contribution is 0.623. The minimum absolute atomic E-state index is 0.325. The predicted octanol–water partition coefficient (Wildman–Crippen LogP) is 2.38. The third kappa shape index (κ3) is 3.87. The average Bonchev–Trinajstić information content (AvgIpc) is 2.52. The van der Waals surface area contributed by atoms with Crippen LogP contribution in [0.5, 0.6) is 0 Å². The van der Waals surface area contributed by atoms with Crippen molar-refractivity contribution in [3.63, 3.8) is 0 Å². The maximum atomic E-state index is 5.67. The van der Waals surface area contributed by atoms with Crippen LogP contribution >= 0.6 is 11.3 Å². The quantitative estimate of drug-likeness (QED) is 0.789. The van der Waals surface area contributed by atoms with Crippen LogP contribution in [0.3, 0.4) is 0 Å². The van der Waals surface area contributed by atoms with E-state index in [4.69, 9.17) is 5.73 Å². The first-order valence-corrected chi connectivity index (χ1v) is 5.79. The smallest absolute Gasteiger partial charge is 0.0928 e. The van der Waals surface area contributed by atoms with Gasteiger partial charge in [-0.3, -0.25) is 0 Å². The van der Waals surface area contributed by atoms with Crippen LogP contribution in [0.15, 0.2) is 5.38 Å². The number of aryl methyl sites for hydroxylation is 2.